The maximum atomic E-state index is 12.3. The molecule has 0 saturated carbocycles. The summed E-state index contributed by atoms with van der Waals surface area (Å²) < 4.78 is 0. The van der Waals surface area contributed by atoms with Gasteiger partial charge in [0.05, 0.1) is 11.4 Å². The van der Waals surface area contributed by atoms with Crippen LogP contribution < -0.4 is 16.0 Å². The molecule has 0 bridgehead atoms. The van der Waals surface area contributed by atoms with Gasteiger partial charge in [0.15, 0.2) is 5.13 Å². The number of benzene rings is 1. The molecule has 23 heavy (non-hydrogen) atoms. The Morgan fingerprint density at radius 3 is 2.48 bits per heavy atom. The van der Waals surface area contributed by atoms with E-state index in [0.29, 0.717) is 10.8 Å². The second kappa shape index (κ2) is 6.57. The molecule has 0 spiro atoms. The van der Waals surface area contributed by atoms with Crippen LogP contribution >= 0.6 is 11.3 Å². The van der Waals surface area contributed by atoms with Crippen molar-refractivity contribution in [1.29, 1.82) is 0 Å². The van der Waals surface area contributed by atoms with Gasteiger partial charge in [-0.1, -0.05) is 6.07 Å². The van der Waals surface area contributed by atoms with Crippen molar-refractivity contribution in [3.8, 4) is 0 Å². The van der Waals surface area contributed by atoms with Gasteiger partial charge in [-0.25, -0.2) is 9.88 Å². The second-order valence-corrected chi connectivity index (χ2v) is 6.07. The summed E-state index contributed by atoms with van der Waals surface area (Å²) in [7, 11) is 0. The zero-order valence-electron chi connectivity index (χ0n) is 12.9. The number of carbonyl (C=O) groups excluding carboxylic acids is 3. The van der Waals surface area contributed by atoms with Crippen LogP contribution in [0.25, 0.3) is 0 Å². The number of nitrogen functional groups attached to an aromatic ring is 1. The highest BCUT2D eigenvalue weighted by Crippen LogP contribution is 2.22. The van der Waals surface area contributed by atoms with Crippen LogP contribution in [0.5, 0.6) is 0 Å². The molecule has 0 atom stereocenters. The number of hydrogen-bond donors (Lipinski definition) is 2. The van der Waals surface area contributed by atoms with Crippen LogP contribution in [0.4, 0.5) is 16.5 Å². The molecule has 3 amide bonds. The molecule has 1 aromatic carbocycles. The zero-order valence-corrected chi connectivity index (χ0v) is 13.7. The third kappa shape index (κ3) is 3.72. The Morgan fingerprint density at radius 2 is 1.96 bits per heavy atom. The number of aromatic nitrogens is 1. The van der Waals surface area contributed by atoms with Gasteiger partial charge in [0.25, 0.3) is 0 Å². The Hall–Kier alpha value is -2.74. The van der Waals surface area contributed by atoms with E-state index < -0.39 is 17.7 Å². The summed E-state index contributed by atoms with van der Waals surface area (Å²) in [6.07, 6.45) is 0. The number of thiazole rings is 1. The van der Waals surface area contributed by atoms with Gasteiger partial charge < -0.3 is 5.73 Å². The Bertz CT molecular complexity index is 765. The molecule has 8 heteroatoms. The number of rotatable bonds is 2. The number of nitrogens with one attached hydrogen (secondary N) is 1. The summed E-state index contributed by atoms with van der Waals surface area (Å²) in [5.41, 5.74) is 7.06. The summed E-state index contributed by atoms with van der Waals surface area (Å²) >= 11 is 1.26. The number of anilines is 3. The minimum Gasteiger partial charge on any atom is -0.399 e. The first kappa shape index (κ1) is 16.6. The minimum atomic E-state index is -0.992. The number of nitrogens with zero attached hydrogens (tertiary/aromatic N) is 2. The molecule has 2 aromatic rings. The van der Waals surface area contributed by atoms with Crippen molar-refractivity contribution in [2.75, 3.05) is 16.0 Å². The maximum Gasteiger partial charge on any atom is 0.323 e. The van der Waals surface area contributed by atoms with Crippen LogP contribution in [-0.2, 0) is 14.4 Å². The lowest BCUT2D eigenvalue weighted by Gasteiger charge is -2.18. The molecular weight excluding hydrogens is 316 g/mol. The molecule has 0 aliphatic rings. The summed E-state index contributed by atoms with van der Waals surface area (Å²) in [5, 5.41) is 2.73. The van der Waals surface area contributed by atoms with Crippen LogP contribution in [-0.4, -0.2) is 22.7 Å². The molecular formula is C15H16N4O3S. The number of aryl methyl sites for hydroxylation is 2. The van der Waals surface area contributed by atoms with Crippen molar-refractivity contribution in [2.45, 2.75) is 20.8 Å². The molecule has 0 saturated heterocycles. The zero-order chi connectivity index (χ0) is 17.1. The summed E-state index contributed by atoms with van der Waals surface area (Å²) in [5.74, 6) is -2.51. The predicted octanol–water partition coefficient (Wildman–Crippen LogP) is 1.86. The topological polar surface area (TPSA) is 105 Å². The van der Waals surface area contributed by atoms with Crippen molar-refractivity contribution >= 4 is 45.6 Å². The van der Waals surface area contributed by atoms with Crippen molar-refractivity contribution in [3.05, 3.63) is 34.8 Å². The van der Waals surface area contributed by atoms with E-state index in [1.54, 1.807) is 19.1 Å². The highest BCUT2D eigenvalue weighted by Gasteiger charge is 2.27. The lowest BCUT2D eigenvalue weighted by Crippen LogP contribution is -2.42. The van der Waals surface area contributed by atoms with Gasteiger partial charge in [-0.2, -0.15) is 0 Å². The lowest BCUT2D eigenvalue weighted by atomic mass is 10.2. The first-order valence-corrected chi connectivity index (χ1v) is 7.57. The van der Waals surface area contributed by atoms with Gasteiger partial charge in [-0.3, -0.25) is 19.7 Å². The SMILES string of the molecule is CC(=O)N(C(=O)C(=O)Nc1nc(C)c(C)s1)c1cccc(N)c1. The highest BCUT2D eigenvalue weighted by atomic mass is 32.1. The van der Waals surface area contributed by atoms with E-state index in [0.717, 1.165) is 15.5 Å². The van der Waals surface area contributed by atoms with Crippen LogP contribution in [0.2, 0.25) is 0 Å². The predicted molar refractivity (Wildman–Crippen MR) is 89.2 cm³/mol. The Labute approximate surface area is 137 Å². The molecule has 1 heterocycles. The lowest BCUT2D eigenvalue weighted by molar-refractivity contribution is -0.136. The van der Waals surface area contributed by atoms with Gasteiger partial charge in [0, 0.05) is 17.5 Å². The Kier molecular flexibility index (Phi) is 4.75. The molecule has 0 radical (unpaired) electrons. The van der Waals surface area contributed by atoms with Gasteiger partial charge in [0.2, 0.25) is 5.91 Å². The number of hydrogen-bond acceptors (Lipinski definition) is 6. The first-order chi connectivity index (χ1) is 10.8. The molecule has 2 rings (SSSR count). The summed E-state index contributed by atoms with van der Waals surface area (Å²) in [6.45, 7) is 4.86. The van der Waals surface area contributed by atoms with E-state index in [9.17, 15) is 14.4 Å². The van der Waals surface area contributed by atoms with E-state index >= 15 is 0 Å². The average Bonchev–Trinajstić information content (AvgIpc) is 2.77. The van der Waals surface area contributed by atoms with Gasteiger partial charge in [-0.15, -0.1) is 11.3 Å². The number of carbonyl (C=O) groups is 3. The average molecular weight is 332 g/mol. The molecule has 0 aliphatic heterocycles. The summed E-state index contributed by atoms with van der Waals surface area (Å²) in [6, 6.07) is 6.19. The summed E-state index contributed by atoms with van der Waals surface area (Å²) in [4.78, 5) is 42.1. The van der Waals surface area contributed by atoms with Crippen molar-refractivity contribution in [2.24, 2.45) is 0 Å². The fourth-order valence-electron chi connectivity index (χ4n) is 1.88. The largest absolute Gasteiger partial charge is 0.399 e. The fraction of sp³-hybridized carbons (Fsp3) is 0.200. The molecule has 1 aromatic heterocycles. The molecule has 3 N–H and O–H groups in total. The van der Waals surface area contributed by atoms with Crippen molar-refractivity contribution in [3.63, 3.8) is 0 Å². The Balaban J connectivity index is 2.24. The number of nitrogens with two attached hydrogens (primary N) is 1. The van der Waals surface area contributed by atoms with E-state index in [2.05, 4.69) is 10.3 Å². The third-order valence-electron chi connectivity index (χ3n) is 3.09. The molecule has 0 aliphatic carbocycles. The van der Waals surface area contributed by atoms with E-state index in [1.165, 1.54) is 30.4 Å². The van der Waals surface area contributed by atoms with E-state index in [1.807, 2.05) is 6.92 Å². The van der Waals surface area contributed by atoms with Crippen LogP contribution in [0.15, 0.2) is 24.3 Å². The van der Waals surface area contributed by atoms with Gasteiger partial charge in [-0.05, 0) is 32.0 Å². The number of amides is 3. The van der Waals surface area contributed by atoms with Crippen molar-refractivity contribution in [1.82, 2.24) is 4.98 Å². The number of imide groups is 1. The van der Waals surface area contributed by atoms with Crippen LogP contribution in [0.1, 0.15) is 17.5 Å². The third-order valence-corrected chi connectivity index (χ3v) is 4.08. The van der Waals surface area contributed by atoms with Crippen molar-refractivity contribution < 1.29 is 14.4 Å². The van der Waals surface area contributed by atoms with Crippen LogP contribution in [0, 0.1) is 13.8 Å². The van der Waals surface area contributed by atoms with Gasteiger partial charge >= 0.3 is 11.8 Å². The monoisotopic (exact) mass is 332 g/mol. The smallest absolute Gasteiger partial charge is 0.323 e. The normalized spacial score (nSPS) is 10.2. The standard InChI is InChI=1S/C15H16N4O3S/c1-8-9(2)23-15(17-8)18-13(21)14(22)19(10(3)20)12-6-4-5-11(16)7-12/h4-7H,16H2,1-3H3,(H,17,18,21). The van der Waals surface area contributed by atoms with Crippen LogP contribution in [0.3, 0.4) is 0 Å². The highest BCUT2D eigenvalue weighted by molar-refractivity contribution is 7.15. The molecule has 0 fully saturated rings. The fourth-order valence-corrected chi connectivity index (χ4v) is 2.69. The van der Waals surface area contributed by atoms with E-state index in [-0.39, 0.29) is 5.69 Å². The van der Waals surface area contributed by atoms with Gasteiger partial charge in [0.1, 0.15) is 0 Å². The first-order valence-electron chi connectivity index (χ1n) is 6.75. The minimum absolute atomic E-state index is 0.240. The maximum absolute atomic E-state index is 12.3. The molecule has 0 unspecified atom stereocenters. The second-order valence-electron chi connectivity index (χ2n) is 4.87. The molecule has 120 valence electrons. The molecule has 7 nitrogen and oxygen atoms in total. The Morgan fingerprint density at radius 1 is 1.26 bits per heavy atom. The van der Waals surface area contributed by atoms with E-state index in [4.69, 9.17) is 5.73 Å². The quantitative estimate of drug-likeness (QED) is 0.645.